The van der Waals surface area contributed by atoms with Crippen LogP contribution in [-0.4, -0.2) is 41.6 Å². The van der Waals surface area contributed by atoms with Crippen LogP contribution in [0.5, 0.6) is 11.5 Å². The summed E-state index contributed by atoms with van der Waals surface area (Å²) in [4.78, 5) is 38.2. The maximum atomic E-state index is 13.0. The molecule has 2 aromatic rings. The summed E-state index contributed by atoms with van der Waals surface area (Å²) in [6, 6.07) is 10.3. The zero-order chi connectivity index (χ0) is 27.6. The van der Waals surface area contributed by atoms with Crippen LogP contribution in [0.25, 0.3) is 0 Å². The maximum Gasteiger partial charge on any atom is 0.329 e. The molecular weight excluding hydrogens is 472 g/mol. The van der Waals surface area contributed by atoms with E-state index in [0.717, 1.165) is 25.7 Å². The van der Waals surface area contributed by atoms with Crippen molar-refractivity contribution in [1.29, 1.82) is 0 Å². The van der Waals surface area contributed by atoms with E-state index in [4.69, 9.17) is 9.47 Å². The van der Waals surface area contributed by atoms with E-state index in [2.05, 4.69) is 10.6 Å². The van der Waals surface area contributed by atoms with Gasteiger partial charge in [0.2, 0.25) is 5.91 Å². The summed E-state index contributed by atoms with van der Waals surface area (Å²) >= 11 is 0. The SMILES string of the molecule is CC.COc1cc(CC(NC(=O)c2ccc(NC(=O)C3CCCC3)cc2)C(=O)OC(C)(C)C)ccc1O. The highest BCUT2D eigenvalue weighted by Gasteiger charge is 2.28. The van der Waals surface area contributed by atoms with E-state index in [1.807, 2.05) is 13.8 Å². The molecule has 0 radical (unpaired) electrons. The van der Waals surface area contributed by atoms with Gasteiger partial charge < -0.3 is 25.2 Å². The van der Waals surface area contributed by atoms with Crippen molar-refractivity contribution in [2.45, 2.75) is 78.4 Å². The maximum absolute atomic E-state index is 13.0. The number of methoxy groups -OCH3 is 1. The molecule has 2 amide bonds. The van der Waals surface area contributed by atoms with Crippen LogP contribution in [-0.2, 0) is 20.7 Å². The third kappa shape index (κ3) is 9.12. The van der Waals surface area contributed by atoms with Crippen LogP contribution in [0.1, 0.15) is 76.2 Å². The van der Waals surface area contributed by atoms with Gasteiger partial charge in [-0.15, -0.1) is 0 Å². The van der Waals surface area contributed by atoms with Crippen LogP contribution >= 0.6 is 0 Å². The quantitative estimate of drug-likeness (QED) is 0.417. The second-order valence-electron chi connectivity index (χ2n) is 9.82. The summed E-state index contributed by atoms with van der Waals surface area (Å²) in [7, 11) is 1.44. The van der Waals surface area contributed by atoms with Gasteiger partial charge in [-0.1, -0.05) is 32.8 Å². The summed E-state index contributed by atoms with van der Waals surface area (Å²) in [5.41, 5.74) is 0.922. The topological polar surface area (TPSA) is 114 Å². The standard InChI is InChI=1S/C27H34N2O6.C2H6/c1-27(2,3)35-26(33)21(15-17-9-14-22(30)23(16-17)34-4)29-25(32)19-10-12-20(13-11-19)28-24(31)18-7-5-6-8-18;1-2/h9-14,16,18,21,30H,5-8,15H2,1-4H3,(H,28,31)(H,29,32);1-2H3. The van der Waals surface area contributed by atoms with E-state index in [1.54, 1.807) is 57.2 Å². The molecule has 0 heterocycles. The minimum absolute atomic E-state index is 0.00835. The fourth-order valence-electron chi connectivity index (χ4n) is 4.03. The van der Waals surface area contributed by atoms with E-state index in [9.17, 15) is 19.5 Å². The van der Waals surface area contributed by atoms with Gasteiger partial charge in [0.25, 0.3) is 5.91 Å². The number of phenols is 1. The molecule has 1 saturated carbocycles. The summed E-state index contributed by atoms with van der Waals surface area (Å²) in [5, 5.41) is 15.5. The zero-order valence-corrected chi connectivity index (χ0v) is 22.7. The Balaban J connectivity index is 0.00000235. The largest absolute Gasteiger partial charge is 0.504 e. The first-order valence-electron chi connectivity index (χ1n) is 12.9. The van der Waals surface area contributed by atoms with Gasteiger partial charge in [0.15, 0.2) is 11.5 Å². The van der Waals surface area contributed by atoms with E-state index in [0.29, 0.717) is 16.8 Å². The number of esters is 1. The number of benzene rings is 2. The van der Waals surface area contributed by atoms with Crippen LogP contribution in [0.2, 0.25) is 0 Å². The number of rotatable bonds is 8. The van der Waals surface area contributed by atoms with E-state index < -0.39 is 23.5 Å². The fourth-order valence-corrected chi connectivity index (χ4v) is 4.03. The molecule has 202 valence electrons. The molecule has 1 atom stereocenters. The average molecular weight is 513 g/mol. The van der Waals surface area contributed by atoms with Crippen LogP contribution in [0.4, 0.5) is 5.69 Å². The Labute approximate surface area is 219 Å². The summed E-state index contributed by atoms with van der Waals surface area (Å²) in [6.45, 7) is 9.27. The number of carbonyl (C=O) groups is 3. The van der Waals surface area contributed by atoms with Gasteiger partial charge in [-0.05, 0) is 75.6 Å². The van der Waals surface area contributed by atoms with E-state index in [1.165, 1.54) is 13.2 Å². The third-order valence-corrected chi connectivity index (χ3v) is 5.82. The second-order valence-corrected chi connectivity index (χ2v) is 9.82. The summed E-state index contributed by atoms with van der Waals surface area (Å²) in [5.74, 6) is -0.708. The lowest BCUT2D eigenvalue weighted by Crippen LogP contribution is -2.45. The number of phenolic OH excluding ortho intramolecular Hbond substituents is 1. The van der Waals surface area contributed by atoms with Crippen LogP contribution in [0.15, 0.2) is 42.5 Å². The van der Waals surface area contributed by atoms with Crippen molar-refractivity contribution in [1.82, 2.24) is 5.32 Å². The van der Waals surface area contributed by atoms with Crippen LogP contribution in [0.3, 0.4) is 0 Å². The predicted octanol–water partition coefficient (Wildman–Crippen LogP) is 5.24. The highest BCUT2D eigenvalue weighted by molar-refractivity contribution is 5.98. The minimum atomic E-state index is -0.960. The van der Waals surface area contributed by atoms with Crippen molar-refractivity contribution < 1.29 is 29.0 Å². The van der Waals surface area contributed by atoms with Gasteiger partial charge >= 0.3 is 5.97 Å². The molecule has 3 rings (SSSR count). The van der Waals surface area contributed by atoms with Crippen molar-refractivity contribution in [3.63, 3.8) is 0 Å². The number of anilines is 1. The second kappa shape index (κ2) is 13.7. The summed E-state index contributed by atoms with van der Waals surface area (Å²) in [6.07, 6.45) is 4.11. The Morgan fingerprint density at radius 2 is 1.65 bits per heavy atom. The Hall–Kier alpha value is -3.55. The molecule has 1 unspecified atom stereocenters. The molecule has 8 nitrogen and oxygen atoms in total. The fraction of sp³-hybridized carbons (Fsp3) is 0.483. The number of amides is 2. The Bertz CT molecular complexity index is 1050. The Morgan fingerprint density at radius 1 is 1.03 bits per heavy atom. The van der Waals surface area contributed by atoms with Crippen molar-refractivity contribution in [2.24, 2.45) is 5.92 Å². The van der Waals surface area contributed by atoms with Gasteiger partial charge in [-0.2, -0.15) is 0 Å². The average Bonchev–Trinajstić information content (AvgIpc) is 3.40. The molecule has 0 aliphatic heterocycles. The molecule has 0 bridgehead atoms. The van der Waals surface area contributed by atoms with E-state index in [-0.39, 0.29) is 29.7 Å². The third-order valence-electron chi connectivity index (χ3n) is 5.82. The van der Waals surface area contributed by atoms with Gasteiger partial charge in [-0.25, -0.2) is 4.79 Å². The Kier molecular flexibility index (Phi) is 11.0. The molecule has 3 N–H and O–H groups in total. The number of nitrogens with one attached hydrogen (secondary N) is 2. The first-order valence-corrected chi connectivity index (χ1v) is 12.9. The lowest BCUT2D eigenvalue weighted by molar-refractivity contribution is -0.157. The predicted molar refractivity (Wildman–Crippen MR) is 144 cm³/mol. The monoisotopic (exact) mass is 512 g/mol. The van der Waals surface area contributed by atoms with Gasteiger partial charge in [0.05, 0.1) is 7.11 Å². The molecule has 0 aromatic heterocycles. The molecule has 2 aromatic carbocycles. The first-order chi connectivity index (χ1) is 17.6. The van der Waals surface area contributed by atoms with Crippen molar-refractivity contribution in [3.05, 3.63) is 53.6 Å². The highest BCUT2D eigenvalue weighted by Crippen LogP contribution is 2.28. The lowest BCUT2D eigenvalue weighted by atomic mass is 10.0. The van der Waals surface area contributed by atoms with Gasteiger partial charge in [-0.3, -0.25) is 9.59 Å². The van der Waals surface area contributed by atoms with Crippen molar-refractivity contribution in [3.8, 4) is 11.5 Å². The molecule has 37 heavy (non-hydrogen) atoms. The minimum Gasteiger partial charge on any atom is -0.504 e. The van der Waals surface area contributed by atoms with Gasteiger partial charge in [0.1, 0.15) is 11.6 Å². The number of ether oxygens (including phenoxy) is 2. The van der Waals surface area contributed by atoms with Crippen molar-refractivity contribution >= 4 is 23.5 Å². The molecule has 1 aliphatic carbocycles. The van der Waals surface area contributed by atoms with Crippen LogP contribution in [0, 0.1) is 5.92 Å². The van der Waals surface area contributed by atoms with Crippen molar-refractivity contribution in [2.75, 3.05) is 12.4 Å². The summed E-state index contributed by atoms with van der Waals surface area (Å²) < 4.78 is 10.7. The Morgan fingerprint density at radius 3 is 2.22 bits per heavy atom. The highest BCUT2D eigenvalue weighted by atomic mass is 16.6. The molecule has 1 aliphatic rings. The van der Waals surface area contributed by atoms with Gasteiger partial charge in [0, 0.05) is 23.6 Å². The number of aromatic hydroxyl groups is 1. The number of hydrogen-bond donors (Lipinski definition) is 3. The molecule has 0 saturated heterocycles. The normalized spacial score (nSPS) is 14.1. The molecule has 0 spiro atoms. The van der Waals surface area contributed by atoms with Crippen LogP contribution < -0.4 is 15.4 Å². The molecule has 1 fully saturated rings. The first kappa shape index (κ1) is 29.7. The smallest absolute Gasteiger partial charge is 0.329 e. The number of carbonyl (C=O) groups excluding carboxylic acids is 3. The zero-order valence-electron chi connectivity index (χ0n) is 22.7. The molecular formula is C29H40N2O6. The number of hydrogen-bond acceptors (Lipinski definition) is 6. The molecule has 8 heteroatoms. The lowest BCUT2D eigenvalue weighted by Gasteiger charge is -2.25. The van der Waals surface area contributed by atoms with E-state index >= 15 is 0 Å².